The van der Waals surface area contributed by atoms with E-state index in [1.165, 1.54) is 5.69 Å². The molecular formula is C7H13N3. The Morgan fingerprint density at radius 2 is 2.10 bits per heavy atom. The van der Waals surface area contributed by atoms with Gasteiger partial charge in [-0.25, -0.2) is 0 Å². The first kappa shape index (κ1) is 7.12. The molecule has 0 fully saturated rings. The Labute approximate surface area is 61.3 Å². The third kappa shape index (κ3) is 1.12. The summed E-state index contributed by atoms with van der Waals surface area (Å²) in [7, 11) is 5.97. The number of nitrogens with zero attached hydrogens (tertiary/aromatic N) is 3. The number of anilines is 1. The fourth-order valence-electron chi connectivity index (χ4n) is 1.03. The van der Waals surface area contributed by atoms with E-state index in [0.717, 1.165) is 5.69 Å². The molecule has 1 aromatic heterocycles. The lowest BCUT2D eigenvalue weighted by Crippen LogP contribution is -2.08. The molecule has 0 unspecified atom stereocenters. The van der Waals surface area contributed by atoms with Gasteiger partial charge in [-0.05, 0) is 6.92 Å². The molecule has 0 aliphatic carbocycles. The summed E-state index contributed by atoms with van der Waals surface area (Å²) in [6, 6.07) is 0. The van der Waals surface area contributed by atoms with Crippen LogP contribution in [0.3, 0.4) is 0 Å². The van der Waals surface area contributed by atoms with Gasteiger partial charge in [0.05, 0.1) is 11.4 Å². The van der Waals surface area contributed by atoms with Crippen molar-refractivity contribution >= 4 is 5.69 Å². The molecule has 0 amide bonds. The lowest BCUT2D eigenvalue weighted by atomic mass is 10.4. The van der Waals surface area contributed by atoms with Crippen molar-refractivity contribution in [3.05, 3.63) is 11.9 Å². The number of rotatable bonds is 1. The van der Waals surface area contributed by atoms with Crippen molar-refractivity contribution in [2.24, 2.45) is 7.05 Å². The van der Waals surface area contributed by atoms with Crippen LogP contribution in [0.2, 0.25) is 0 Å². The summed E-state index contributed by atoms with van der Waals surface area (Å²) < 4.78 is 1.82. The second kappa shape index (κ2) is 2.33. The molecule has 3 nitrogen and oxygen atoms in total. The van der Waals surface area contributed by atoms with E-state index in [2.05, 4.69) is 10.00 Å². The minimum atomic E-state index is 1.08. The first-order valence-corrected chi connectivity index (χ1v) is 3.29. The summed E-state index contributed by atoms with van der Waals surface area (Å²) in [4.78, 5) is 2.06. The molecule has 1 rings (SSSR count). The highest BCUT2D eigenvalue weighted by Crippen LogP contribution is 2.13. The molecule has 0 aliphatic heterocycles. The second-order valence-corrected chi connectivity index (χ2v) is 2.67. The molecule has 0 aliphatic rings. The normalized spacial score (nSPS) is 10.0. The van der Waals surface area contributed by atoms with Crippen LogP contribution >= 0.6 is 0 Å². The van der Waals surface area contributed by atoms with Gasteiger partial charge in [-0.15, -0.1) is 0 Å². The Hall–Kier alpha value is -0.990. The number of aryl methyl sites for hydroxylation is 2. The van der Waals surface area contributed by atoms with Gasteiger partial charge >= 0.3 is 0 Å². The maximum absolute atomic E-state index is 4.21. The fraction of sp³-hybridized carbons (Fsp3) is 0.571. The van der Waals surface area contributed by atoms with Gasteiger partial charge in [-0.2, -0.15) is 5.10 Å². The molecule has 0 bridgehead atoms. The standard InChI is InChI=1S/C7H13N3/c1-6-7(9(2)3)5-10(4)8-6/h5H,1-4H3. The summed E-state index contributed by atoms with van der Waals surface area (Å²) in [5.74, 6) is 0. The highest BCUT2D eigenvalue weighted by Gasteiger charge is 2.02. The minimum Gasteiger partial charge on any atom is -0.375 e. The van der Waals surface area contributed by atoms with Crippen molar-refractivity contribution in [2.75, 3.05) is 19.0 Å². The summed E-state index contributed by atoms with van der Waals surface area (Å²) in [5.41, 5.74) is 2.26. The quantitative estimate of drug-likeness (QED) is 0.573. The Morgan fingerprint density at radius 1 is 1.50 bits per heavy atom. The third-order valence-corrected chi connectivity index (χ3v) is 1.47. The van der Waals surface area contributed by atoms with Crippen molar-refractivity contribution in [2.45, 2.75) is 6.92 Å². The third-order valence-electron chi connectivity index (χ3n) is 1.47. The van der Waals surface area contributed by atoms with Gasteiger partial charge in [0, 0.05) is 27.3 Å². The lowest BCUT2D eigenvalue weighted by Gasteiger charge is -2.08. The zero-order valence-electron chi connectivity index (χ0n) is 6.92. The first-order valence-electron chi connectivity index (χ1n) is 3.29. The zero-order valence-corrected chi connectivity index (χ0v) is 6.92. The summed E-state index contributed by atoms with van der Waals surface area (Å²) in [5, 5.41) is 4.21. The number of hydrogen-bond acceptors (Lipinski definition) is 2. The van der Waals surface area contributed by atoms with Gasteiger partial charge in [-0.1, -0.05) is 0 Å². The molecule has 3 heteroatoms. The summed E-state index contributed by atoms with van der Waals surface area (Å²) in [6.07, 6.45) is 2.01. The van der Waals surface area contributed by atoms with Gasteiger partial charge in [-0.3, -0.25) is 4.68 Å². The largest absolute Gasteiger partial charge is 0.375 e. The average molecular weight is 139 g/mol. The van der Waals surface area contributed by atoms with Gasteiger partial charge in [0.15, 0.2) is 0 Å². The van der Waals surface area contributed by atoms with E-state index in [0.29, 0.717) is 0 Å². The molecule has 0 N–H and O–H groups in total. The van der Waals surface area contributed by atoms with Crippen LogP contribution in [0.25, 0.3) is 0 Å². The van der Waals surface area contributed by atoms with Crippen molar-refractivity contribution < 1.29 is 0 Å². The molecule has 1 aromatic rings. The van der Waals surface area contributed by atoms with E-state index in [1.807, 2.05) is 38.9 Å². The number of hydrogen-bond donors (Lipinski definition) is 0. The van der Waals surface area contributed by atoms with E-state index in [9.17, 15) is 0 Å². The van der Waals surface area contributed by atoms with Crippen LogP contribution < -0.4 is 4.90 Å². The topological polar surface area (TPSA) is 21.1 Å². The van der Waals surface area contributed by atoms with Gasteiger partial charge < -0.3 is 4.90 Å². The monoisotopic (exact) mass is 139 g/mol. The van der Waals surface area contributed by atoms with Crippen LogP contribution in [-0.4, -0.2) is 23.9 Å². The van der Waals surface area contributed by atoms with Crippen molar-refractivity contribution in [1.29, 1.82) is 0 Å². The maximum Gasteiger partial charge on any atom is 0.0826 e. The maximum atomic E-state index is 4.21. The van der Waals surface area contributed by atoms with E-state index >= 15 is 0 Å². The van der Waals surface area contributed by atoms with Crippen LogP contribution in [0.5, 0.6) is 0 Å². The highest BCUT2D eigenvalue weighted by molar-refractivity contribution is 5.46. The van der Waals surface area contributed by atoms with Crippen LogP contribution in [0.1, 0.15) is 5.69 Å². The Morgan fingerprint density at radius 3 is 2.30 bits per heavy atom. The van der Waals surface area contributed by atoms with Gasteiger partial charge in [0.25, 0.3) is 0 Å². The number of aromatic nitrogens is 2. The van der Waals surface area contributed by atoms with E-state index < -0.39 is 0 Å². The average Bonchev–Trinajstić information content (AvgIpc) is 2.10. The van der Waals surface area contributed by atoms with E-state index in [4.69, 9.17) is 0 Å². The molecular weight excluding hydrogens is 126 g/mol. The van der Waals surface area contributed by atoms with Crippen LogP contribution in [0.15, 0.2) is 6.20 Å². The van der Waals surface area contributed by atoms with E-state index in [1.54, 1.807) is 0 Å². The summed E-state index contributed by atoms with van der Waals surface area (Å²) >= 11 is 0. The van der Waals surface area contributed by atoms with Gasteiger partial charge in [0.2, 0.25) is 0 Å². The molecule has 0 radical (unpaired) electrons. The molecule has 0 spiro atoms. The molecule has 0 saturated heterocycles. The van der Waals surface area contributed by atoms with Crippen LogP contribution in [0.4, 0.5) is 5.69 Å². The molecule has 56 valence electrons. The van der Waals surface area contributed by atoms with Crippen LogP contribution in [-0.2, 0) is 7.05 Å². The molecule has 0 saturated carbocycles. The smallest absolute Gasteiger partial charge is 0.0826 e. The van der Waals surface area contributed by atoms with E-state index in [-0.39, 0.29) is 0 Å². The SMILES string of the molecule is Cc1nn(C)cc1N(C)C. The predicted molar refractivity (Wildman–Crippen MR) is 42.3 cm³/mol. The Bertz CT molecular complexity index is 225. The first-order chi connectivity index (χ1) is 4.61. The zero-order chi connectivity index (χ0) is 7.72. The fourth-order valence-corrected chi connectivity index (χ4v) is 1.03. The molecule has 1 heterocycles. The second-order valence-electron chi connectivity index (χ2n) is 2.67. The highest BCUT2D eigenvalue weighted by atomic mass is 15.3. The minimum absolute atomic E-state index is 1.08. The van der Waals surface area contributed by atoms with Crippen LogP contribution in [0, 0.1) is 6.92 Å². The van der Waals surface area contributed by atoms with Crippen molar-refractivity contribution in [3.63, 3.8) is 0 Å². The van der Waals surface area contributed by atoms with Gasteiger partial charge in [0.1, 0.15) is 0 Å². The van der Waals surface area contributed by atoms with Crippen molar-refractivity contribution in [1.82, 2.24) is 9.78 Å². The molecule has 0 atom stereocenters. The molecule has 0 aromatic carbocycles. The predicted octanol–water partition coefficient (Wildman–Crippen LogP) is 0.795. The Kier molecular flexibility index (Phi) is 1.66. The Balaban J connectivity index is 3.03. The molecule has 10 heavy (non-hydrogen) atoms. The van der Waals surface area contributed by atoms with Crippen molar-refractivity contribution in [3.8, 4) is 0 Å². The summed E-state index contributed by atoms with van der Waals surface area (Å²) in [6.45, 7) is 2.01. The lowest BCUT2D eigenvalue weighted by molar-refractivity contribution is 0.756.